The van der Waals surface area contributed by atoms with E-state index in [1.807, 2.05) is 0 Å². The Bertz CT molecular complexity index is 274. The highest BCUT2D eigenvalue weighted by Gasteiger charge is 2.20. The van der Waals surface area contributed by atoms with E-state index in [1.54, 1.807) is 0 Å². The van der Waals surface area contributed by atoms with Gasteiger partial charge < -0.3 is 10.6 Å². The van der Waals surface area contributed by atoms with Crippen molar-refractivity contribution in [3.63, 3.8) is 0 Å². The molecule has 1 saturated carbocycles. The van der Waals surface area contributed by atoms with Crippen LogP contribution in [0.25, 0.3) is 0 Å². The van der Waals surface area contributed by atoms with Crippen LogP contribution in [0.4, 0.5) is 0 Å². The Morgan fingerprint density at radius 2 is 1.78 bits per heavy atom. The van der Waals surface area contributed by atoms with Crippen molar-refractivity contribution in [3.8, 4) is 0 Å². The van der Waals surface area contributed by atoms with Crippen LogP contribution >= 0.6 is 0 Å². The highest BCUT2D eigenvalue weighted by molar-refractivity contribution is 5.78. The molecule has 0 radical (unpaired) electrons. The summed E-state index contributed by atoms with van der Waals surface area (Å²) in [5.74, 6) is 1.53. The minimum Gasteiger partial charge on any atom is -0.370 e. The quantitative estimate of drug-likeness (QED) is 0.612. The maximum Gasteiger partial charge on any atom is 0.191 e. The van der Waals surface area contributed by atoms with Crippen LogP contribution in [0, 0.1) is 5.92 Å². The van der Waals surface area contributed by atoms with Gasteiger partial charge >= 0.3 is 0 Å². The molecule has 1 aliphatic heterocycles. The van der Waals surface area contributed by atoms with Gasteiger partial charge in [0.1, 0.15) is 0 Å². The second-order valence-electron chi connectivity index (χ2n) is 6.11. The molecule has 2 fully saturated rings. The average Bonchev–Trinajstić information content (AvgIpc) is 2.82. The minimum absolute atomic E-state index is 0.499. The van der Waals surface area contributed by atoms with Gasteiger partial charge in [0.05, 0.1) is 6.04 Å². The predicted molar refractivity (Wildman–Crippen MR) is 76.7 cm³/mol. The molecule has 2 rings (SSSR count). The van der Waals surface area contributed by atoms with E-state index in [9.17, 15) is 0 Å². The maximum absolute atomic E-state index is 6.13. The first kappa shape index (κ1) is 13.7. The summed E-state index contributed by atoms with van der Waals surface area (Å²) in [5, 5.41) is 0. The van der Waals surface area contributed by atoms with E-state index in [2.05, 4.69) is 28.6 Å². The number of guanidine groups is 1. The standard InChI is InChI=1S/C14H28N4/c1-12(2)11-17-7-9-18(10-8-17)14(15)16-13-5-3-4-6-13/h12-13H,3-11H2,1-2H3,(H2,15,16). The van der Waals surface area contributed by atoms with Gasteiger partial charge in [0.2, 0.25) is 0 Å². The summed E-state index contributed by atoms with van der Waals surface area (Å²) in [4.78, 5) is 9.48. The molecule has 4 nitrogen and oxygen atoms in total. The van der Waals surface area contributed by atoms with Gasteiger partial charge in [-0.1, -0.05) is 26.7 Å². The van der Waals surface area contributed by atoms with E-state index in [0.717, 1.165) is 38.1 Å². The van der Waals surface area contributed by atoms with E-state index in [1.165, 1.54) is 32.2 Å². The molecule has 18 heavy (non-hydrogen) atoms. The summed E-state index contributed by atoms with van der Waals surface area (Å²) in [6, 6.07) is 0.499. The third-order valence-corrected chi connectivity index (χ3v) is 3.96. The topological polar surface area (TPSA) is 44.9 Å². The van der Waals surface area contributed by atoms with Crippen molar-refractivity contribution in [1.82, 2.24) is 9.80 Å². The van der Waals surface area contributed by atoms with Crippen LogP contribution in [-0.2, 0) is 0 Å². The first-order chi connectivity index (χ1) is 8.65. The SMILES string of the molecule is CC(C)CN1CCN(C(N)=NC2CCCC2)CC1. The van der Waals surface area contributed by atoms with Crippen molar-refractivity contribution < 1.29 is 0 Å². The minimum atomic E-state index is 0.499. The zero-order valence-corrected chi connectivity index (χ0v) is 11.9. The Labute approximate surface area is 111 Å². The summed E-state index contributed by atoms with van der Waals surface area (Å²) < 4.78 is 0. The Hall–Kier alpha value is -0.770. The molecule has 0 aromatic heterocycles. The van der Waals surface area contributed by atoms with Crippen molar-refractivity contribution in [3.05, 3.63) is 0 Å². The average molecular weight is 252 g/mol. The number of rotatable bonds is 3. The highest BCUT2D eigenvalue weighted by atomic mass is 15.3. The molecular formula is C14H28N4. The third kappa shape index (κ3) is 3.87. The molecule has 2 aliphatic rings. The fraction of sp³-hybridized carbons (Fsp3) is 0.929. The summed E-state index contributed by atoms with van der Waals surface area (Å²) in [5.41, 5.74) is 6.13. The second-order valence-corrected chi connectivity index (χ2v) is 6.11. The molecule has 0 unspecified atom stereocenters. The van der Waals surface area contributed by atoms with Crippen LogP contribution in [0.3, 0.4) is 0 Å². The second kappa shape index (κ2) is 6.41. The molecule has 0 spiro atoms. The summed E-state index contributed by atoms with van der Waals surface area (Å²) in [6.07, 6.45) is 5.11. The van der Waals surface area contributed by atoms with Crippen LogP contribution < -0.4 is 5.73 Å². The number of hydrogen-bond acceptors (Lipinski definition) is 2. The molecule has 0 bridgehead atoms. The Morgan fingerprint density at radius 1 is 1.17 bits per heavy atom. The molecular weight excluding hydrogens is 224 g/mol. The maximum atomic E-state index is 6.13. The van der Waals surface area contributed by atoms with Crippen molar-refractivity contribution in [2.24, 2.45) is 16.6 Å². The van der Waals surface area contributed by atoms with Gasteiger partial charge in [0.25, 0.3) is 0 Å². The van der Waals surface area contributed by atoms with Crippen molar-refractivity contribution >= 4 is 5.96 Å². The lowest BCUT2D eigenvalue weighted by atomic mass is 10.2. The number of nitrogens with zero attached hydrogens (tertiary/aromatic N) is 3. The molecule has 4 heteroatoms. The van der Waals surface area contributed by atoms with Crippen LogP contribution in [0.5, 0.6) is 0 Å². The summed E-state index contributed by atoms with van der Waals surface area (Å²) >= 11 is 0. The number of piperazine rings is 1. The van der Waals surface area contributed by atoms with Gasteiger partial charge in [-0.05, 0) is 18.8 Å². The van der Waals surface area contributed by atoms with E-state index in [0.29, 0.717) is 6.04 Å². The van der Waals surface area contributed by atoms with Gasteiger partial charge in [0.15, 0.2) is 5.96 Å². The normalized spacial score (nSPS) is 24.2. The summed E-state index contributed by atoms with van der Waals surface area (Å²) in [7, 11) is 0. The Balaban J connectivity index is 1.78. The lowest BCUT2D eigenvalue weighted by molar-refractivity contribution is 0.165. The lowest BCUT2D eigenvalue weighted by Gasteiger charge is -2.36. The highest BCUT2D eigenvalue weighted by Crippen LogP contribution is 2.21. The van der Waals surface area contributed by atoms with E-state index >= 15 is 0 Å². The molecule has 0 amide bonds. The Morgan fingerprint density at radius 3 is 2.33 bits per heavy atom. The van der Waals surface area contributed by atoms with Crippen molar-refractivity contribution in [2.45, 2.75) is 45.6 Å². The molecule has 104 valence electrons. The fourth-order valence-electron chi connectivity index (χ4n) is 2.98. The van der Waals surface area contributed by atoms with Crippen LogP contribution in [0.15, 0.2) is 4.99 Å². The molecule has 0 aromatic rings. The van der Waals surface area contributed by atoms with E-state index in [4.69, 9.17) is 5.73 Å². The molecule has 0 aromatic carbocycles. The van der Waals surface area contributed by atoms with Crippen LogP contribution in [0.1, 0.15) is 39.5 Å². The van der Waals surface area contributed by atoms with E-state index < -0.39 is 0 Å². The molecule has 1 heterocycles. The lowest BCUT2D eigenvalue weighted by Crippen LogP contribution is -2.51. The van der Waals surface area contributed by atoms with Gasteiger partial charge in [-0.25, -0.2) is 4.99 Å². The fourth-order valence-corrected chi connectivity index (χ4v) is 2.98. The van der Waals surface area contributed by atoms with Crippen molar-refractivity contribution in [1.29, 1.82) is 0 Å². The monoisotopic (exact) mass is 252 g/mol. The van der Waals surface area contributed by atoms with E-state index in [-0.39, 0.29) is 0 Å². The summed E-state index contributed by atoms with van der Waals surface area (Å²) in [6.45, 7) is 10.1. The zero-order chi connectivity index (χ0) is 13.0. The van der Waals surface area contributed by atoms with Crippen molar-refractivity contribution in [2.75, 3.05) is 32.7 Å². The van der Waals surface area contributed by atoms with Gasteiger partial charge in [-0.3, -0.25) is 4.90 Å². The van der Waals surface area contributed by atoms with Gasteiger partial charge in [-0.15, -0.1) is 0 Å². The molecule has 2 N–H and O–H groups in total. The molecule has 0 atom stereocenters. The number of aliphatic imine (C=N–C) groups is 1. The number of hydrogen-bond donors (Lipinski definition) is 1. The van der Waals surface area contributed by atoms with Crippen LogP contribution in [-0.4, -0.2) is 54.5 Å². The Kier molecular flexibility index (Phi) is 4.87. The molecule has 1 aliphatic carbocycles. The van der Waals surface area contributed by atoms with Gasteiger partial charge in [-0.2, -0.15) is 0 Å². The van der Waals surface area contributed by atoms with Crippen LogP contribution in [0.2, 0.25) is 0 Å². The largest absolute Gasteiger partial charge is 0.370 e. The number of nitrogens with two attached hydrogens (primary N) is 1. The zero-order valence-electron chi connectivity index (χ0n) is 11.9. The molecule has 1 saturated heterocycles. The third-order valence-electron chi connectivity index (χ3n) is 3.96. The smallest absolute Gasteiger partial charge is 0.191 e. The van der Waals surface area contributed by atoms with Gasteiger partial charge in [0, 0.05) is 32.7 Å². The first-order valence-electron chi connectivity index (χ1n) is 7.45. The first-order valence-corrected chi connectivity index (χ1v) is 7.45. The predicted octanol–water partition coefficient (Wildman–Crippen LogP) is 1.52.